The van der Waals surface area contributed by atoms with Gasteiger partial charge in [-0.05, 0) is 45.8 Å². The van der Waals surface area contributed by atoms with E-state index in [1.807, 2.05) is 36.4 Å². The molecule has 2 aromatic rings. The molecule has 0 aliphatic rings. The van der Waals surface area contributed by atoms with Gasteiger partial charge in [0.05, 0.1) is 9.83 Å². The summed E-state index contributed by atoms with van der Waals surface area (Å²) in [7, 11) is 0. The van der Waals surface area contributed by atoms with E-state index in [1.54, 1.807) is 11.3 Å². The summed E-state index contributed by atoms with van der Waals surface area (Å²) < 4.78 is 1.09. The van der Waals surface area contributed by atoms with Gasteiger partial charge in [-0.3, -0.25) is 0 Å². The van der Waals surface area contributed by atoms with Gasteiger partial charge in [0.1, 0.15) is 0 Å². The van der Waals surface area contributed by atoms with Crippen molar-refractivity contribution in [1.82, 2.24) is 0 Å². The van der Waals surface area contributed by atoms with Crippen molar-refractivity contribution in [3.05, 3.63) is 55.6 Å². The maximum atomic E-state index is 6.13. The second-order valence-electron chi connectivity index (χ2n) is 3.17. The van der Waals surface area contributed by atoms with Gasteiger partial charge in [0.25, 0.3) is 0 Å². The summed E-state index contributed by atoms with van der Waals surface area (Å²) in [6, 6.07) is 11.6. The van der Waals surface area contributed by atoms with Gasteiger partial charge in [0.2, 0.25) is 0 Å². The molecule has 1 aromatic carbocycles. The lowest BCUT2D eigenvalue weighted by molar-refractivity contribution is 0.894. The molecule has 78 valence electrons. The van der Waals surface area contributed by atoms with Crippen LogP contribution in [0.5, 0.6) is 0 Å². The van der Waals surface area contributed by atoms with Gasteiger partial charge in [-0.15, -0.1) is 11.3 Å². The summed E-state index contributed by atoms with van der Waals surface area (Å²) in [5, 5.41) is 0.721. The number of rotatable bonds is 2. The highest BCUT2D eigenvalue weighted by molar-refractivity contribution is 9.11. The SMILES string of the molecule is NC(c1cccc(Cl)c1)c1ccc(Br)s1. The first-order valence-corrected chi connectivity index (χ1v) is 6.42. The van der Waals surface area contributed by atoms with Crippen LogP contribution in [0.1, 0.15) is 16.5 Å². The van der Waals surface area contributed by atoms with Crippen LogP contribution in [0.3, 0.4) is 0 Å². The highest BCUT2D eigenvalue weighted by Gasteiger charge is 2.11. The largest absolute Gasteiger partial charge is 0.320 e. The number of thiophene rings is 1. The van der Waals surface area contributed by atoms with Crippen LogP contribution < -0.4 is 5.73 Å². The highest BCUT2D eigenvalue weighted by Crippen LogP contribution is 2.30. The maximum absolute atomic E-state index is 6.13. The van der Waals surface area contributed by atoms with Crippen LogP contribution >= 0.6 is 38.9 Å². The third-order valence-corrected chi connectivity index (χ3v) is 4.05. The molecule has 0 amide bonds. The van der Waals surface area contributed by atoms with E-state index in [0.29, 0.717) is 0 Å². The first kappa shape index (κ1) is 11.1. The van der Waals surface area contributed by atoms with E-state index in [4.69, 9.17) is 17.3 Å². The van der Waals surface area contributed by atoms with Gasteiger partial charge < -0.3 is 5.73 Å². The molecule has 1 atom stereocenters. The standard InChI is InChI=1S/C11H9BrClNS/c12-10-5-4-9(15-10)11(14)7-2-1-3-8(13)6-7/h1-6,11H,14H2. The molecule has 0 spiro atoms. The molecular formula is C11H9BrClNS. The molecule has 1 heterocycles. The van der Waals surface area contributed by atoms with Crippen molar-refractivity contribution in [2.75, 3.05) is 0 Å². The molecule has 0 aliphatic carbocycles. The van der Waals surface area contributed by atoms with Crippen molar-refractivity contribution < 1.29 is 0 Å². The Labute approximate surface area is 106 Å². The fourth-order valence-electron chi connectivity index (χ4n) is 1.36. The zero-order valence-electron chi connectivity index (χ0n) is 7.78. The quantitative estimate of drug-likeness (QED) is 0.883. The molecule has 2 N–H and O–H groups in total. The Hall–Kier alpha value is -0.350. The fourth-order valence-corrected chi connectivity index (χ4v) is 3.01. The summed E-state index contributed by atoms with van der Waals surface area (Å²) in [5.74, 6) is 0. The Morgan fingerprint density at radius 3 is 2.67 bits per heavy atom. The third kappa shape index (κ3) is 2.61. The Bertz CT molecular complexity index is 469. The molecular weight excluding hydrogens is 294 g/mol. The molecule has 1 nitrogen and oxygen atoms in total. The van der Waals surface area contributed by atoms with Gasteiger partial charge in [0.15, 0.2) is 0 Å². The number of halogens is 2. The normalized spacial score (nSPS) is 12.7. The molecule has 15 heavy (non-hydrogen) atoms. The maximum Gasteiger partial charge on any atom is 0.0702 e. The zero-order chi connectivity index (χ0) is 10.8. The van der Waals surface area contributed by atoms with E-state index >= 15 is 0 Å². The van der Waals surface area contributed by atoms with E-state index in [2.05, 4.69) is 15.9 Å². The number of hydrogen-bond acceptors (Lipinski definition) is 2. The molecule has 0 saturated carbocycles. The van der Waals surface area contributed by atoms with Crippen molar-refractivity contribution >= 4 is 38.9 Å². The van der Waals surface area contributed by atoms with Crippen LogP contribution in [0, 0.1) is 0 Å². The predicted molar refractivity (Wildman–Crippen MR) is 69.5 cm³/mol. The number of nitrogens with two attached hydrogens (primary N) is 1. The lowest BCUT2D eigenvalue weighted by atomic mass is 10.1. The van der Waals surface area contributed by atoms with Crippen LogP contribution in [0.2, 0.25) is 5.02 Å². The van der Waals surface area contributed by atoms with Crippen LogP contribution in [-0.2, 0) is 0 Å². The molecule has 0 fully saturated rings. The van der Waals surface area contributed by atoms with Gasteiger partial charge in [0, 0.05) is 9.90 Å². The molecule has 4 heteroatoms. The van der Waals surface area contributed by atoms with Crippen molar-refractivity contribution in [1.29, 1.82) is 0 Å². The minimum atomic E-state index is -0.0972. The van der Waals surface area contributed by atoms with Crippen molar-refractivity contribution in [3.63, 3.8) is 0 Å². The first-order valence-electron chi connectivity index (χ1n) is 4.43. The Kier molecular flexibility index (Phi) is 3.46. The van der Waals surface area contributed by atoms with E-state index in [0.717, 1.165) is 19.2 Å². The topological polar surface area (TPSA) is 26.0 Å². The summed E-state index contributed by atoms with van der Waals surface area (Å²) in [6.07, 6.45) is 0. The average molecular weight is 303 g/mol. The summed E-state index contributed by atoms with van der Waals surface area (Å²) in [5.41, 5.74) is 7.17. The minimum absolute atomic E-state index is 0.0972. The fraction of sp³-hybridized carbons (Fsp3) is 0.0909. The van der Waals surface area contributed by atoms with Crippen LogP contribution in [0.4, 0.5) is 0 Å². The second kappa shape index (κ2) is 4.66. The second-order valence-corrected chi connectivity index (χ2v) is 6.11. The molecule has 0 aliphatic heterocycles. The smallest absolute Gasteiger partial charge is 0.0702 e. The molecule has 2 rings (SSSR count). The number of hydrogen-bond donors (Lipinski definition) is 1. The van der Waals surface area contributed by atoms with E-state index in [-0.39, 0.29) is 6.04 Å². The van der Waals surface area contributed by atoms with Crippen molar-refractivity contribution in [3.8, 4) is 0 Å². The average Bonchev–Trinajstić information content (AvgIpc) is 2.64. The predicted octanol–water partition coefficient (Wildman–Crippen LogP) is 4.21. The van der Waals surface area contributed by atoms with Gasteiger partial charge in [-0.2, -0.15) is 0 Å². The number of benzene rings is 1. The molecule has 1 unspecified atom stereocenters. The Morgan fingerprint density at radius 1 is 1.27 bits per heavy atom. The molecule has 0 radical (unpaired) electrons. The van der Waals surface area contributed by atoms with E-state index in [1.165, 1.54) is 0 Å². The van der Waals surface area contributed by atoms with Crippen LogP contribution in [-0.4, -0.2) is 0 Å². The van der Waals surface area contributed by atoms with E-state index < -0.39 is 0 Å². The molecule has 0 saturated heterocycles. The van der Waals surface area contributed by atoms with E-state index in [9.17, 15) is 0 Å². The van der Waals surface area contributed by atoms with Crippen LogP contribution in [0.25, 0.3) is 0 Å². The Morgan fingerprint density at radius 2 is 2.07 bits per heavy atom. The van der Waals surface area contributed by atoms with Crippen molar-refractivity contribution in [2.24, 2.45) is 5.73 Å². The van der Waals surface area contributed by atoms with Crippen molar-refractivity contribution in [2.45, 2.75) is 6.04 Å². The van der Waals surface area contributed by atoms with Gasteiger partial charge in [-0.1, -0.05) is 23.7 Å². The van der Waals surface area contributed by atoms with Gasteiger partial charge in [-0.25, -0.2) is 0 Å². The highest BCUT2D eigenvalue weighted by atomic mass is 79.9. The molecule has 1 aromatic heterocycles. The Balaban J connectivity index is 2.32. The third-order valence-electron chi connectivity index (χ3n) is 2.11. The van der Waals surface area contributed by atoms with Crippen LogP contribution in [0.15, 0.2) is 40.2 Å². The summed E-state index contributed by atoms with van der Waals surface area (Å²) in [4.78, 5) is 1.13. The monoisotopic (exact) mass is 301 g/mol. The molecule has 0 bridgehead atoms. The zero-order valence-corrected chi connectivity index (χ0v) is 10.9. The summed E-state index contributed by atoms with van der Waals surface area (Å²) >= 11 is 11.0. The van der Waals surface area contributed by atoms with Gasteiger partial charge >= 0.3 is 0 Å². The summed E-state index contributed by atoms with van der Waals surface area (Å²) in [6.45, 7) is 0. The lowest BCUT2D eigenvalue weighted by Gasteiger charge is -2.09. The first-order chi connectivity index (χ1) is 7.16. The minimum Gasteiger partial charge on any atom is -0.320 e. The lowest BCUT2D eigenvalue weighted by Crippen LogP contribution is -2.09.